The van der Waals surface area contributed by atoms with E-state index in [1.54, 1.807) is 25.1 Å². The minimum atomic E-state index is -4.15. The Morgan fingerprint density at radius 3 is 2.80 bits per heavy atom. The van der Waals surface area contributed by atoms with Crippen molar-refractivity contribution in [2.45, 2.75) is 50.5 Å². The molecule has 1 aromatic rings. The second-order valence-corrected chi connectivity index (χ2v) is 6.34. The average molecular weight is 353 g/mol. The molecule has 20 heavy (non-hydrogen) atoms. The van der Waals surface area contributed by atoms with Crippen molar-refractivity contribution in [1.29, 1.82) is 0 Å². The van der Waals surface area contributed by atoms with Crippen LogP contribution in [0.2, 0.25) is 0 Å². The minimum Gasteiger partial charge on any atom is -0.487 e. The zero-order valence-corrected chi connectivity index (χ0v) is 12.6. The molecular weight excluding hydrogens is 337 g/mol. The number of hydrogen-bond acceptors (Lipinski definition) is 2. The van der Waals surface area contributed by atoms with Crippen LogP contribution in [0.5, 0.6) is 5.75 Å². The van der Waals surface area contributed by atoms with Crippen molar-refractivity contribution in [3.05, 3.63) is 28.2 Å². The molecule has 6 heteroatoms. The van der Waals surface area contributed by atoms with Gasteiger partial charge in [0.2, 0.25) is 0 Å². The van der Waals surface area contributed by atoms with Gasteiger partial charge in [-0.2, -0.15) is 13.2 Å². The van der Waals surface area contributed by atoms with E-state index in [9.17, 15) is 18.3 Å². The first-order valence-corrected chi connectivity index (χ1v) is 7.21. The summed E-state index contributed by atoms with van der Waals surface area (Å²) in [5.41, 5.74) is -0.0847. The number of halogens is 4. The molecule has 0 aliphatic carbocycles. The molecule has 0 aromatic heterocycles. The van der Waals surface area contributed by atoms with Crippen molar-refractivity contribution in [3.8, 4) is 5.75 Å². The van der Waals surface area contributed by atoms with Crippen molar-refractivity contribution in [3.63, 3.8) is 0 Å². The molecule has 1 aliphatic rings. The van der Waals surface area contributed by atoms with E-state index in [1.165, 1.54) is 0 Å². The maximum absolute atomic E-state index is 12.2. The van der Waals surface area contributed by atoms with Gasteiger partial charge >= 0.3 is 6.18 Å². The van der Waals surface area contributed by atoms with E-state index in [-0.39, 0.29) is 12.8 Å². The topological polar surface area (TPSA) is 29.5 Å². The Morgan fingerprint density at radius 2 is 2.15 bits per heavy atom. The van der Waals surface area contributed by atoms with Crippen LogP contribution in [0.25, 0.3) is 0 Å². The Balaban J connectivity index is 2.06. The molecule has 0 fully saturated rings. The van der Waals surface area contributed by atoms with Crippen molar-refractivity contribution in [2.24, 2.45) is 0 Å². The number of rotatable bonds is 3. The number of alkyl halides is 3. The van der Waals surface area contributed by atoms with Gasteiger partial charge < -0.3 is 9.84 Å². The normalized spacial score (nSPS) is 26.0. The highest BCUT2D eigenvalue weighted by Gasteiger charge is 2.37. The first kappa shape index (κ1) is 15.6. The molecule has 0 saturated heterocycles. The highest BCUT2D eigenvalue weighted by molar-refractivity contribution is 9.10. The van der Waals surface area contributed by atoms with Crippen molar-refractivity contribution >= 4 is 15.9 Å². The van der Waals surface area contributed by atoms with Crippen LogP contribution in [-0.4, -0.2) is 16.9 Å². The molecule has 0 bridgehead atoms. The maximum Gasteiger partial charge on any atom is 0.389 e. The second-order valence-electron chi connectivity index (χ2n) is 5.42. The average Bonchev–Trinajstić information content (AvgIpc) is 2.28. The van der Waals surface area contributed by atoms with Gasteiger partial charge in [-0.1, -0.05) is 15.9 Å². The quantitative estimate of drug-likeness (QED) is 0.849. The van der Waals surface area contributed by atoms with Crippen LogP contribution in [-0.2, 0) is 0 Å². The van der Waals surface area contributed by atoms with Crippen LogP contribution >= 0.6 is 15.9 Å². The Bertz CT molecular complexity index is 490. The summed E-state index contributed by atoms with van der Waals surface area (Å²) in [6.07, 6.45) is -5.12. The van der Waals surface area contributed by atoms with Crippen molar-refractivity contribution < 1.29 is 23.0 Å². The molecule has 0 amide bonds. The van der Waals surface area contributed by atoms with E-state index in [0.29, 0.717) is 17.7 Å². The predicted molar refractivity (Wildman–Crippen MR) is 72.7 cm³/mol. The van der Waals surface area contributed by atoms with Crippen LogP contribution in [0.15, 0.2) is 22.7 Å². The number of benzene rings is 1. The third kappa shape index (κ3) is 3.88. The predicted octanol–water partition coefficient (Wildman–Crippen LogP) is 4.76. The first-order chi connectivity index (χ1) is 9.19. The lowest BCUT2D eigenvalue weighted by Crippen LogP contribution is -2.38. The van der Waals surface area contributed by atoms with Crippen LogP contribution in [0.4, 0.5) is 13.2 Å². The number of fused-ring (bicyclic) bond motifs is 1. The number of aliphatic hydroxyl groups is 1. The van der Waals surface area contributed by atoms with Gasteiger partial charge in [0.1, 0.15) is 11.4 Å². The lowest BCUT2D eigenvalue weighted by atomic mass is 9.86. The Hall–Kier alpha value is -0.750. The summed E-state index contributed by atoms with van der Waals surface area (Å²) < 4.78 is 43.2. The van der Waals surface area contributed by atoms with Gasteiger partial charge in [-0.05, 0) is 38.0 Å². The zero-order chi connectivity index (χ0) is 15.0. The van der Waals surface area contributed by atoms with Crippen LogP contribution in [0.3, 0.4) is 0 Å². The van der Waals surface area contributed by atoms with E-state index in [2.05, 4.69) is 15.9 Å². The monoisotopic (exact) mass is 352 g/mol. The third-order valence-electron chi connectivity index (χ3n) is 3.48. The number of ether oxygens (including phenoxy) is 1. The molecule has 1 unspecified atom stereocenters. The van der Waals surface area contributed by atoms with Crippen LogP contribution < -0.4 is 4.74 Å². The summed E-state index contributed by atoms with van der Waals surface area (Å²) in [4.78, 5) is 0. The molecule has 2 rings (SSSR count). The summed E-state index contributed by atoms with van der Waals surface area (Å²) >= 11 is 3.32. The van der Waals surface area contributed by atoms with Gasteiger partial charge in [0.15, 0.2) is 0 Å². The van der Waals surface area contributed by atoms with E-state index >= 15 is 0 Å². The summed E-state index contributed by atoms with van der Waals surface area (Å²) in [6, 6.07) is 5.28. The SMILES string of the molecule is CC1(CCCC(F)(F)F)C[C@@H](O)c2cc(Br)ccc2O1. The summed E-state index contributed by atoms with van der Waals surface area (Å²) in [5, 5.41) is 10.2. The molecule has 0 saturated carbocycles. The Labute approximate surface area is 124 Å². The highest BCUT2D eigenvalue weighted by Crippen LogP contribution is 2.43. The fourth-order valence-electron chi connectivity index (χ4n) is 2.51. The lowest BCUT2D eigenvalue weighted by Gasteiger charge is -2.38. The summed E-state index contributed by atoms with van der Waals surface area (Å²) in [7, 11) is 0. The Morgan fingerprint density at radius 1 is 1.45 bits per heavy atom. The molecule has 1 aliphatic heterocycles. The second kappa shape index (κ2) is 5.56. The number of hydrogen-bond donors (Lipinski definition) is 1. The fourth-order valence-corrected chi connectivity index (χ4v) is 2.89. The molecular formula is C14H16BrF3O2. The standard InChI is InChI=1S/C14H16BrF3O2/c1-13(5-2-6-14(16,17)18)8-11(19)10-7-9(15)3-4-12(10)20-13/h3-4,7,11,19H,2,5-6,8H2,1H3/t11-,13?/m1/s1. The van der Waals surface area contributed by atoms with Crippen LogP contribution in [0, 0.1) is 0 Å². The van der Waals surface area contributed by atoms with E-state index in [1.807, 2.05) is 0 Å². The largest absolute Gasteiger partial charge is 0.487 e. The zero-order valence-electron chi connectivity index (χ0n) is 11.0. The van der Waals surface area contributed by atoms with Gasteiger partial charge in [0.05, 0.1) is 6.10 Å². The van der Waals surface area contributed by atoms with Crippen LogP contribution in [0.1, 0.15) is 44.3 Å². The van der Waals surface area contributed by atoms with Crippen molar-refractivity contribution in [2.75, 3.05) is 0 Å². The van der Waals surface area contributed by atoms with E-state index < -0.39 is 24.3 Å². The molecule has 1 aromatic carbocycles. The third-order valence-corrected chi connectivity index (χ3v) is 3.97. The van der Waals surface area contributed by atoms with Crippen molar-refractivity contribution in [1.82, 2.24) is 0 Å². The molecule has 112 valence electrons. The lowest BCUT2D eigenvalue weighted by molar-refractivity contribution is -0.138. The number of aliphatic hydroxyl groups excluding tert-OH is 1. The summed E-state index contributed by atoms with van der Waals surface area (Å²) in [5.74, 6) is 0.543. The first-order valence-electron chi connectivity index (χ1n) is 6.42. The van der Waals surface area contributed by atoms with E-state index in [4.69, 9.17) is 4.74 Å². The van der Waals surface area contributed by atoms with Gasteiger partial charge in [0.25, 0.3) is 0 Å². The summed E-state index contributed by atoms with van der Waals surface area (Å²) in [6.45, 7) is 1.75. The fraction of sp³-hybridized carbons (Fsp3) is 0.571. The van der Waals surface area contributed by atoms with E-state index in [0.717, 1.165) is 4.47 Å². The molecule has 0 radical (unpaired) electrons. The molecule has 1 N–H and O–H groups in total. The molecule has 2 atom stereocenters. The smallest absolute Gasteiger partial charge is 0.389 e. The molecule has 2 nitrogen and oxygen atoms in total. The van der Waals surface area contributed by atoms with Gasteiger partial charge in [-0.3, -0.25) is 0 Å². The van der Waals surface area contributed by atoms with Gasteiger partial charge in [-0.25, -0.2) is 0 Å². The Kier molecular flexibility index (Phi) is 4.35. The maximum atomic E-state index is 12.2. The van der Waals surface area contributed by atoms with Gasteiger partial charge in [-0.15, -0.1) is 0 Å². The minimum absolute atomic E-state index is 0.00141. The molecule has 0 spiro atoms. The molecule has 1 heterocycles. The van der Waals surface area contributed by atoms with Gasteiger partial charge in [0, 0.05) is 22.9 Å². The highest BCUT2D eigenvalue weighted by atomic mass is 79.9.